The molecule has 2 aromatic rings. The largest absolute Gasteiger partial charge is 0.466 e. The minimum absolute atomic E-state index is 0.0673. The number of hydrazone groups is 1. The van der Waals surface area contributed by atoms with E-state index in [-0.39, 0.29) is 11.7 Å². The Morgan fingerprint density at radius 3 is 2.46 bits per heavy atom. The molecule has 128 valence electrons. The SMILES string of the molecule is CC/C(=N/NC(=O)c1cc(C)oc1C)c1ccc(OC(F)F)cc1. The second kappa shape index (κ2) is 7.72. The number of hydrogen-bond acceptors (Lipinski definition) is 4. The zero-order valence-corrected chi connectivity index (χ0v) is 13.6. The van der Waals surface area contributed by atoms with Gasteiger partial charge in [-0.05, 0) is 56.2 Å². The van der Waals surface area contributed by atoms with E-state index in [0.717, 1.165) is 0 Å². The van der Waals surface area contributed by atoms with E-state index in [1.54, 1.807) is 32.0 Å². The molecule has 0 bridgehead atoms. The molecule has 0 radical (unpaired) electrons. The Bertz CT molecular complexity index is 737. The lowest BCUT2D eigenvalue weighted by atomic mass is 10.1. The monoisotopic (exact) mass is 336 g/mol. The summed E-state index contributed by atoms with van der Waals surface area (Å²) in [6, 6.07) is 7.72. The minimum atomic E-state index is -2.86. The first kappa shape index (κ1) is 17.7. The Morgan fingerprint density at radius 1 is 1.29 bits per heavy atom. The second-order valence-corrected chi connectivity index (χ2v) is 5.08. The molecular weight excluding hydrogens is 318 g/mol. The lowest BCUT2D eigenvalue weighted by molar-refractivity contribution is -0.0498. The average Bonchev–Trinajstić information content (AvgIpc) is 2.87. The molecule has 0 aliphatic carbocycles. The number of nitrogens with zero attached hydrogens (tertiary/aromatic N) is 1. The topological polar surface area (TPSA) is 63.8 Å². The van der Waals surface area contributed by atoms with E-state index < -0.39 is 6.61 Å². The third-order valence-corrected chi connectivity index (χ3v) is 3.33. The van der Waals surface area contributed by atoms with Gasteiger partial charge in [0.05, 0.1) is 11.3 Å². The van der Waals surface area contributed by atoms with Gasteiger partial charge in [0.1, 0.15) is 17.3 Å². The van der Waals surface area contributed by atoms with Crippen LogP contribution in [0.2, 0.25) is 0 Å². The number of carbonyl (C=O) groups excluding carboxylic acids is 1. The zero-order chi connectivity index (χ0) is 17.7. The fourth-order valence-electron chi connectivity index (χ4n) is 2.21. The fourth-order valence-corrected chi connectivity index (χ4v) is 2.21. The van der Waals surface area contributed by atoms with Gasteiger partial charge in [0.2, 0.25) is 0 Å². The van der Waals surface area contributed by atoms with Crippen LogP contribution < -0.4 is 10.2 Å². The molecule has 1 aromatic heterocycles. The number of amides is 1. The third-order valence-electron chi connectivity index (χ3n) is 3.33. The van der Waals surface area contributed by atoms with Crippen molar-refractivity contribution in [1.82, 2.24) is 5.43 Å². The van der Waals surface area contributed by atoms with Crippen molar-refractivity contribution >= 4 is 11.6 Å². The molecule has 0 aliphatic rings. The maximum atomic E-state index is 12.1. The quantitative estimate of drug-likeness (QED) is 0.639. The lowest BCUT2D eigenvalue weighted by Gasteiger charge is -2.07. The number of benzene rings is 1. The van der Waals surface area contributed by atoms with E-state index in [1.165, 1.54) is 12.1 Å². The molecule has 24 heavy (non-hydrogen) atoms. The van der Waals surface area contributed by atoms with E-state index in [9.17, 15) is 13.6 Å². The van der Waals surface area contributed by atoms with Gasteiger partial charge in [-0.3, -0.25) is 4.79 Å². The molecule has 1 heterocycles. The van der Waals surface area contributed by atoms with E-state index in [2.05, 4.69) is 15.3 Å². The zero-order valence-electron chi connectivity index (χ0n) is 13.6. The van der Waals surface area contributed by atoms with Crippen molar-refractivity contribution < 1.29 is 22.7 Å². The molecule has 0 aliphatic heterocycles. The molecule has 5 nitrogen and oxygen atoms in total. The summed E-state index contributed by atoms with van der Waals surface area (Å²) in [5, 5.41) is 4.12. The van der Waals surface area contributed by atoms with Crippen molar-refractivity contribution in [2.24, 2.45) is 5.10 Å². The van der Waals surface area contributed by atoms with Gasteiger partial charge in [0.25, 0.3) is 5.91 Å². The van der Waals surface area contributed by atoms with Crippen LogP contribution in [0.1, 0.15) is 40.8 Å². The first-order valence-electron chi connectivity index (χ1n) is 7.40. The van der Waals surface area contributed by atoms with Gasteiger partial charge < -0.3 is 9.15 Å². The van der Waals surface area contributed by atoms with Crippen LogP contribution in [0.15, 0.2) is 39.9 Å². The standard InChI is InChI=1S/C17H18F2N2O3/c1-4-15(12-5-7-13(8-6-12)24-17(18)19)20-21-16(22)14-9-10(2)23-11(14)3/h5-9,17H,4H2,1-3H3,(H,21,22)/b20-15-. The summed E-state index contributed by atoms with van der Waals surface area (Å²) in [4.78, 5) is 12.1. The van der Waals surface area contributed by atoms with Gasteiger partial charge in [-0.2, -0.15) is 13.9 Å². The first-order valence-corrected chi connectivity index (χ1v) is 7.40. The lowest BCUT2D eigenvalue weighted by Crippen LogP contribution is -2.20. The summed E-state index contributed by atoms with van der Waals surface area (Å²) in [5.41, 5.74) is 4.23. The van der Waals surface area contributed by atoms with Crippen LogP contribution in [0.25, 0.3) is 0 Å². The summed E-state index contributed by atoms with van der Waals surface area (Å²) in [6.45, 7) is 2.47. The smallest absolute Gasteiger partial charge is 0.387 e. The summed E-state index contributed by atoms with van der Waals surface area (Å²) >= 11 is 0. The number of aryl methyl sites for hydroxylation is 2. The molecule has 0 saturated heterocycles. The van der Waals surface area contributed by atoms with E-state index >= 15 is 0 Å². The van der Waals surface area contributed by atoms with Crippen LogP contribution in [0.3, 0.4) is 0 Å². The number of rotatable bonds is 6. The fraction of sp³-hybridized carbons (Fsp3) is 0.294. The predicted octanol–water partition coefficient (Wildman–Crippen LogP) is 4.04. The molecule has 0 saturated carbocycles. The molecule has 0 atom stereocenters. The van der Waals surface area contributed by atoms with Gasteiger partial charge in [0.15, 0.2) is 0 Å². The van der Waals surface area contributed by atoms with Crippen LogP contribution >= 0.6 is 0 Å². The Hall–Kier alpha value is -2.70. The number of nitrogens with one attached hydrogen (secondary N) is 1. The average molecular weight is 336 g/mol. The van der Waals surface area contributed by atoms with E-state index in [0.29, 0.717) is 34.8 Å². The molecule has 2 rings (SSSR count). The van der Waals surface area contributed by atoms with Crippen molar-refractivity contribution in [3.63, 3.8) is 0 Å². The molecule has 0 unspecified atom stereocenters. The normalized spacial score (nSPS) is 11.7. The number of halogens is 2. The maximum Gasteiger partial charge on any atom is 0.387 e. The van der Waals surface area contributed by atoms with Crippen LogP contribution in [-0.2, 0) is 0 Å². The Kier molecular flexibility index (Phi) is 5.68. The first-order chi connectivity index (χ1) is 11.4. The van der Waals surface area contributed by atoms with Crippen LogP contribution in [-0.4, -0.2) is 18.2 Å². The highest BCUT2D eigenvalue weighted by molar-refractivity contribution is 6.02. The number of alkyl halides is 2. The summed E-state index contributed by atoms with van der Waals surface area (Å²) < 4.78 is 33.9. The van der Waals surface area contributed by atoms with Crippen molar-refractivity contribution in [3.05, 3.63) is 53.0 Å². The second-order valence-electron chi connectivity index (χ2n) is 5.08. The Balaban J connectivity index is 2.11. The van der Waals surface area contributed by atoms with Crippen LogP contribution in [0.4, 0.5) is 8.78 Å². The van der Waals surface area contributed by atoms with Gasteiger partial charge in [0, 0.05) is 0 Å². The number of ether oxygens (including phenoxy) is 1. The number of hydrogen-bond donors (Lipinski definition) is 1. The predicted molar refractivity (Wildman–Crippen MR) is 85.6 cm³/mol. The third kappa shape index (κ3) is 4.41. The highest BCUT2D eigenvalue weighted by Gasteiger charge is 2.13. The number of carbonyl (C=O) groups is 1. The van der Waals surface area contributed by atoms with Gasteiger partial charge in [-0.25, -0.2) is 5.43 Å². The van der Waals surface area contributed by atoms with Crippen molar-refractivity contribution in [2.45, 2.75) is 33.8 Å². The van der Waals surface area contributed by atoms with Crippen LogP contribution in [0.5, 0.6) is 5.75 Å². The molecule has 1 amide bonds. The van der Waals surface area contributed by atoms with Crippen LogP contribution in [0, 0.1) is 13.8 Å². The van der Waals surface area contributed by atoms with Gasteiger partial charge in [-0.1, -0.05) is 6.92 Å². The Morgan fingerprint density at radius 2 is 1.96 bits per heavy atom. The number of furan rings is 1. The van der Waals surface area contributed by atoms with Crippen molar-refractivity contribution in [1.29, 1.82) is 0 Å². The summed E-state index contributed by atoms with van der Waals surface area (Å²) in [6.07, 6.45) is 0.554. The highest BCUT2D eigenvalue weighted by Crippen LogP contribution is 2.16. The summed E-state index contributed by atoms with van der Waals surface area (Å²) in [7, 11) is 0. The van der Waals surface area contributed by atoms with Gasteiger partial charge in [-0.15, -0.1) is 0 Å². The van der Waals surface area contributed by atoms with E-state index in [1.807, 2.05) is 6.92 Å². The van der Waals surface area contributed by atoms with Gasteiger partial charge >= 0.3 is 6.61 Å². The van der Waals surface area contributed by atoms with Crippen molar-refractivity contribution in [3.8, 4) is 5.75 Å². The van der Waals surface area contributed by atoms with E-state index in [4.69, 9.17) is 4.42 Å². The molecule has 7 heteroatoms. The maximum absolute atomic E-state index is 12.1. The molecule has 1 N–H and O–H groups in total. The molecule has 0 spiro atoms. The molecular formula is C17H18F2N2O3. The molecule has 1 aromatic carbocycles. The molecule has 0 fully saturated rings. The minimum Gasteiger partial charge on any atom is -0.466 e. The van der Waals surface area contributed by atoms with Crippen molar-refractivity contribution in [2.75, 3.05) is 0 Å². The Labute approximate surface area is 138 Å². The highest BCUT2D eigenvalue weighted by atomic mass is 19.3. The summed E-state index contributed by atoms with van der Waals surface area (Å²) in [5.74, 6) is 0.865.